The maximum atomic E-state index is 6.40. The number of halogens is 1. The van der Waals surface area contributed by atoms with E-state index in [2.05, 4.69) is 20.7 Å². The minimum absolute atomic E-state index is 0.659. The van der Waals surface area contributed by atoms with Gasteiger partial charge in [0.1, 0.15) is 5.82 Å². The van der Waals surface area contributed by atoms with Crippen molar-refractivity contribution in [1.29, 1.82) is 0 Å². The minimum Gasteiger partial charge on any atom is -0.388 e. The van der Waals surface area contributed by atoms with Crippen LogP contribution in [0, 0.1) is 0 Å². The number of rotatable bonds is 7. The van der Waals surface area contributed by atoms with Crippen LogP contribution in [0.15, 0.2) is 53.8 Å². The van der Waals surface area contributed by atoms with Crippen molar-refractivity contribution < 1.29 is 0 Å². The Morgan fingerprint density at radius 1 is 1.21 bits per heavy atom. The van der Waals surface area contributed by atoms with Crippen molar-refractivity contribution in [1.82, 2.24) is 24.4 Å². The van der Waals surface area contributed by atoms with Gasteiger partial charge in [0.2, 0.25) is 0 Å². The van der Waals surface area contributed by atoms with E-state index in [1.165, 1.54) is 0 Å². The van der Waals surface area contributed by atoms with Crippen LogP contribution in [0.5, 0.6) is 0 Å². The molecule has 3 rings (SSSR count). The van der Waals surface area contributed by atoms with E-state index in [9.17, 15) is 0 Å². The number of hydrogen-bond acceptors (Lipinski definition) is 6. The zero-order chi connectivity index (χ0) is 20.1. The first kappa shape index (κ1) is 20.3. The van der Waals surface area contributed by atoms with E-state index in [0.717, 1.165) is 33.2 Å². The summed E-state index contributed by atoms with van der Waals surface area (Å²) in [7, 11) is 7.79. The standard InChI is InChI=1S/C20H23ClN6S/c1-22-19(15-12-24-27(4)13-15)9-14-5-8-20(23-11-14)25-18-7-6-16(10-17(18)21)28-26(2)3/h5-13,22H,1-4H3,(H,23,25)/b19-9-. The van der Waals surface area contributed by atoms with Crippen molar-refractivity contribution in [2.24, 2.45) is 7.05 Å². The first-order valence-corrected chi connectivity index (χ1v) is 9.86. The lowest BCUT2D eigenvalue weighted by atomic mass is 10.2. The lowest BCUT2D eigenvalue weighted by Gasteiger charge is -2.12. The van der Waals surface area contributed by atoms with Crippen LogP contribution in [0.4, 0.5) is 11.5 Å². The Morgan fingerprint density at radius 3 is 2.61 bits per heavy atom. The summed E-state index contributed by atoms with van der Waals surface area (Å²) >= 11 is 8.03. The molecular weight excluding hydrogens is 392 g/mol. The number of anilines is 2. The van der Waals surface area contributed by atoms with E-state index in [0.29, 0.717) is 5.02 Å². The fourth-order valence-corrected chi connectivity index (χ4v) is 3.61. The van der Waals surface area contributed by atoms with Gasteiger partial charge in [0.15, 0.2) is 0 Å². The quantitative estimate of drug-likeness (QED) is 0.555. The molecule has 0 fully saturated rings. The molecule has 0 saturated heterocycles. The van der Waals surface area contributed by atoms with Gasteiger partial charge in [-0.3, -0.25) is 8.99 Å². The fraction of sp³-hybridized carbons (Fsp3) is 0.200. The van der Waals surface area contributed by atoms with Gasteiger partial charge >= 0.3 is 0 Å². The van der Waals surface area contributed by atoms with Gasteiger partial charge in [-0.05, 0) is 68.0 Å². The van der Waals surface area contributed by atoms with Crippen LogP contribution in [-0.4, -0.2) is 40.2 Å². The molecule has 0 aliphatic rings. The van der Waals surface area contributed by atoms with Gasteiger partial charge in [-0.2, -0.15) is 5.10 Å². The molecule has 0 aliphatic carbocycles. The summed E-state index contributed by atoms with van der Waals surface area (Å²) in [6.45, 7) is 0. The highest BCUT2D eigenvalue weighted by Crippen LogP contribution is 2.30. The molecule has 2 N–H and O–H groups in total. The SMILES string of the molecule is CN/C(=C\c1ccc(Nc2ccc(SN(C)C)cc2Cl)nc1)c1cnn(C)c1. The van der Waals surface area contributed by atoms with Crippen molar-refractivity contribution in [3.8, 4) is 0 Å². The Bertz CT molecular complexity index is 965. The predicted octanol–water partition coefficient (Wildman–Crippen LogP) is 4.50. The summed E-state index contributed by atoms with van der Waals surface area (Å²) in [6.07, 6.45) is 7.64. The molecule has 0 spiro atoms. The number of hydrogen-bond donors (Lipinski definition) is 2. The minimum atomic E-state index is 0.659. The number of aromatic nitrogens is 3. The van der Waals surface area contributed by atoms with E-state index in [1.807, 2.05) is 87.5 Å². The lowest BCUT2D eigenvalue weighted by Crippen LogP contribution is -2.03. The molecule has 1 aromatic carbocycles. The van der Waals surface area contributed by atoms with Crippen LogP contribution in [0.1, 0.15) is 11.1 Å². The molecule has 0 aliphatic heterocycles. The molecule has 8 heteroatoms. The Kier molecular flexibility index (Phi) is 6.61. The average Bonchev–Trinajstić information content (AvgIpc) is 3.09. The second-order valence-electron chi connectivity index (χ2n) is 6.36. The lowest BCUT2D eigenvalue weighted by molar-refractivity contribution is 0.703. The number of nitrogens with zero attached hydrogens (tertiary/aromatic N) is 4. The molecule has 0 atom stereocenters. The van der Waals surface area contributed by atoms with E-state index < -0.39 is 0 Å². The first-order valence-electron chi connectivity index (χ1n) is 8.71. The highest BCUT2D eigenvalue weighted by Gasteiger charge is 2.06. The summed E-state index contributed by atoms with van der Waals surface area (Å²) in [6, 6.07) is 9.88. The van der Waals surface area contributed by atoms with Crippen molar-refractivity contribution in [2.75, 3.05) is 26.5 Å². The van der Waals surface area contributed by atoms with Gasteiger partial charge < -0.3 is 10.6 Å². The third-order valence-corrected chi connectivity index (χ3v) is 5.02. The van der Waals surface area contributed by atoms with Crippen molar-refractivity contribution >= 4 is 46.8 Å². The zero-order valence-electron chi connectivity index (χ0n) is 16.3. The van der Waals surface area contributed by atoms with Crippen LogP contribution < -0.4 is 10.6 Å². The molecule has 28 heavy (non-hydrogen) atoms. The third kappa shape index (κ3) is 5.28. The summed E-state index contributed by atoms with van der Waals surface area (Å²) < 4.78 is 3.80. The van der Waals surface area contributed by atoms with Crippen LogP contribution >= 0.6 is 23.5 Å². The maximum Gasteiger partial charge on any atom is 0.130 e. The Labute approximate surface area is 174 Å². The van der Waals surface area contributed by atoms with E-state index >= 15 is 0 Å². The normalized spacial score (nSPS) is 11.7. The van der Waals surface area contributed by atoms with Crippen LogP contribution in [0.2, 0.25) is 5.02 Å². The van der Waals surface area contributed by atoms with Crippen LogP contribution in [0.3, 0.4) is 0 Å². The van der Waals surface area contributed by atoms with E-state index in [-0.39, 0.29) is 0 Å². The van der Waals surface area contributed by atoms with Gasteiger partial charge in [-0.1, -0.05) is 11.6 Å². The Morgan fingerprint density at radius 2 is 2.04 bits per heavy atom. The van der Waals surface area contributed by atoms with Crippen molar-refractivity contribution in [2.45, 2.75) is 4.90 Å². The largest absolute Gasteiger partial charge is 0.388 e. The second-order valence-corrected chi connectivity index (χ2v) is 8.15. The monoisotopic (exact) mass is 414 g/mol. The third-order valence-electron chi connectivity index (χ3n) is 3.87. The molecule has 0 saturated carbocycles. The number of nitrogens with one attached hydrogen (secondary N) is 2. The molecule has 146 valence electrons. The highest BCUT2D eigenvalue weighted by molar-refractivity contribution is 7.97. The predicted molar refractivity (Wildman–Crippen MR) is 119 cm³/mol. The molecule has 2 aromatic heterocycles. The number of benzene rings is 1. The Balaban J connectivity index is 1.73. The summed E-state index contributed by atoms with van der Waals surface area (Å²) in [4.78, 5) is 5.58. The molecule has 6 nitrogen and oxygen atoms in total. The zero-order valence-corrected chi connectivity index (χ0v) is 17.8. The fourth-order valence-electron chi connectivity index (χ4n) is 2.59. The van der Waals surface area contributed by atoms with Gasteiger partial charge in [-0.25, -0.2) is 4.98 Å². The summed E-state index contributed by atoms with van der Waals surface area (Å²) in [5.74, 6) is 0.736. The summed E-state index contributed by atoms with van der Waals surface area (Å²) in [5.41, 5.74) is 3.82. The smallest absolute Gasteiger partial charge is 0.130 e. The van der Waals surface area contributed by atoms with Crippen LogP contribution in [0.25, 0.3) is 11.8 Å². The van der Waals surface area contributed by atoms with Gasteiger partial charge in [0.05, 0.1) is 16.9 Å². The van der Waals surface area contributed by atoms with Crippen molar-refractivity contribution in [3.05, 3.63) is 65.1 Å². The van der Waals surface area contributed by atoms with Crippen molar-refractivity contribution in [3.63, 3.8) is 0 Å². The molecule has 0 amide bonds. The topological polar surface area (TPSA) is 58.0 Å². The summed E-state index contributed by atoms with van der Waals surface area (Å²) in [5, 5.41) is 11.3. The number of aryl methyl sites for hydroxylation is 1. The molecular formula is C20H23ClN6S. The van der Waals surface area contributed by atoms with Gasteiger partial charge in [0, 0.05) is 42.6 Å². The van der Waals surface area contributed by atoms with Gasteiger partial charge in [-0.15, -0.1) is 0 Å². The Hall–Kier alpha value is -2.48. The molecule has 2 heterocycles. The number of pyridine rings is 1. The van der Waals surface area contributed by atoms with E-state index in [1.54, 1.807) is 16.6 Å². The molecule has 0 bridgehead atoms. The van der Waals surface area contributed by atoms with Gasteiger partial charge in [0.25, 0.3) is 0 Å². The molecule has 0 radical (unpaired) electrons. The second kappa shape index (κ2) is 9.14. The maximum absolute atomic E-state index is 6.40. The average molecular weight is 415 g/mol. The molecule has 0 unspecified atom stereocenters. The highest BCUT2D eigenvalue weighted by atomic mass is 35.5. The van der Waals surface area contributed by atoms with Crippen LogP contribution in [-0.2, 0) is 7.05 Å². The van der Waals surface area contributed by atoms with E-state index in [4.69, 9.17) is 11.6 Å². The first-order chi connectivity index (χ1) is 13.4. The molecule has 3 aromatic rings.